The van der Waals surface area contributed by atoms with Crippen LogP contribution in [0.2, 0.25) is 0 Å². The molecule has 8 nitrogen and oxygen atoms in total. The third-order valence-corrected chi connectivity index (χ3v) is 5.27. The summed E-state index contributed by atoms with van der Waals surface area (Å²) in [5, 5.41) is 5.12. The van der Waals surface area contributed by atoms with E-state index in [2.05, 4.69) is 22.6 Å². The Balaban J connectivity index is 2.02. The summed E-state index contributed by atoms with van der Waals surface area (Å²) in [4.78, 5) is 39.4. The zero-order valence-electron chi connectivity index (χ0n) is 20.4. The maximum atomic E-state index is 14.0. The highest BCUT2D eigenvalue weighted by Gasteiger charge is 2.26. The van der Waals surface area contributed by atoms with Crippen molar-refractivity contribution in [3.05, 3.63) is 112 Å². The van der Waals surface area contributed by atoms with Crippen molar-refractivity contribution in [2.45, 2.75) is 26.5 Å². The van der Waals surface area contributed by atoms with E-state index in [1.165, 1.54) is 16.9 Å². The summed E-state index contributed by atoms with van der Waals surface area (Å²) in [7, 11) is 0. The van der Waals surface area contributed by atoms with Gasteiger partial charge >= 0.3 is 0 Å². The van der Waals surface area contributed by atoms with E-state index in [1.807, 2.05) is 6.07 Å². The summed E-state index contributed by atoms with van der Waals surface area (Å²) in [6, 6.07) is 12.0. The molecule has 2 aromatic carbocycles. The molecule has 0 saturated carbocycles. The second-order valence-corrected chi connectivity index (χ2v) is 7.96. The fourth-order valence-electron chi connectivity index (χ4n) is 3.42. The van der Waals surface area contributed by atoms with Crippen LogP contribution in [0.5, 0.6) is 5.75 Å². The first-order chi connectivity index (χ1) is 17.8. The summed E-state index contributed by atoms with van der Waals surface area (Å²) >= 11 is 0. The third kappa shape index (κ3) is 7.03. The van der Waals surface area contributed by atoms with Gasteiger partial charge in [-0.05, 0) is 25.0 Å². The zero-order chi connectivity index (χ0) is 26.8. The van der Waals surface area contributed by atoms with Crippen molar-refractivity contribution in [3.8, 4) is 5.75 Å². The van der Waals surface area contributed by atoms with Gasteiger partial charge in [0.25, 0.3) is 11.8 Å². The van der Waals surface area contributed by atoms with Gasteiger partial charge in [-0.1, -0.05) is 42.5 Å². The van der Waals surface area contributed by atoms with Gasteiger partial charge in [-0.15, -0.1) is 6.58 Å². The molecule has 0 unspecified atom stereocenters. The molecule has 194 valence electrons. The van der Waals surface area contributed by atoms with E-state index in [9.17, 15) is 23.2 Å². The lowest BCUT2D eigenvalue weighted by atomic mass is 10.1. The number of rotatable bonds is 12. The Morgan fingerprint density at radius 2 is 1.84 bits per heavy atom. The van der Waals surface area contributed by atoms with Gasteiger partial charge in [0.1, 0.15) is 23.8 Å². The second kappa shape index (κ2) is 13.0. The number of pyridine rings is 1. The number of benzene rings is 2. The van der Waals surface area contributed by atoms with E-state index >= 15 is 0 Å². The predicted molar refractivity (Wildman–Crippen MR) is 136 cm³/mol. The Labute approximate surface area is 212 Å². The average molecular weight is 511 g/mol. The van der Waals surface area contributed by atoms with Crippen molar-refractivity contribution in [3.63, 3.8) is 0 Å². The molecular weight excluding hydrogens is 482 g/mol. The van der Waals surface area contributed by atoms with Crippen molar-refractivity contribution in [2.75, 3.05) is 18.5 Å². The summed E-state index contributed by atoms with van der Waals surface area (Å²) in [5.74, 6) is -3.29. The van der Waals surface area contributed by atoms with E-state index in [1.54, 1.807) is 37.3 Å². The maximum Gasteiger partial charge on any atom is 0.273 e. The highest BCUT2D eigenvalue weighted by molar-refractivity contribution is 5.98. The number of halogens is 2. The lowest BCUT2D eigenvalue weighted by Gasteiger charge is -2.20. The molecule has 0 atom stereocenters. The number of aromatic nitrogens is 1. The molecule has 0 saturated heterocycles. The van der Waals surface area contributed by atoms with Crippen LogP contribution in [0.15, 0.2) is 72.2 Å². The Hall–Kier alpha value is -4.47. The predicted octanol–water partition coefficient (Wildman–Crippen LogP) is 3.50. The molecule has 3 N–H and O–H groups in total. The Kier molecular flexibility index (Phi) is 9.54. The third-order valence-electron chi connectivity index (χ3n) is 5.27. The molecule has 3 rings (SSSR count). The van der Waals surface area contributed by atoms with Crippen LogP contribution in [0.25, 0.3) is 0 Å². The number of nitrogens with zero attached hydrogens (tertiary/aromatic N) is 1. The molecule has 1 aromatic heterocycles. The van der Waals surface area contributed by atoms with Gasteiger partial charge in [0, 0.05) is 37.5 Å². The lowest BCUT2D eigenvalue weighted by molar-refractivity contribution is 0.0927. The molecule has 1 heterocycles. The van der Waals surface area contributed by atoms with Crippen LogP contribution < -0.4 is 26.2 Å². The fraction of sp³-hybridized carbons (Fsp3) is 0.222. The number of carbonyl (C=O) groups excluding carboxylic acids is 2. The molecule has 0 fully saturated rings. The summed E-state index contributed by atoms with van der Waals surface area (Å²) in [6.45, 7) is 5.72. The molecule has 0 aliphatic rings. The summed E-state index contributed by atoms with van der Waals surface area (Å²) in [6.07, 6.45) is 3.40. The van der Waals surface area contributed by atoms with Crippen LogP contribution in [-0.4, -0.2) is 29.6 Å². The minimum absolute atomic E-state index is 0.0268. The van der Waals surface area contributed by atoms with Gasteiger partial charge < -0.3 is 20.8 Å². The van der Waals surface area contributed by atoms with Crippen molar-refractivity contribution in [1.82, 2.24) is 15.3 Å². The van der Waals surface area contributed by atoms with Crippen LogP contribution >= 0.6 is 0 Å². The summed E-state index contributed by atoms with van der Waals surface area (Å²) in [5.41, 5.74) is 2.53. The zero-order valence-corrected chi connectivity index (χ0v) is 20.4. The number of hydrogen-bond donors (Lipinski definition) is 3. The van der Waals surface area contributed by atoms with Gasteiger partial charge in [-0.3, -0.25) is 19.1 Å². The quantitative estimate of drug-likeness (QED) is 0.256. The second-order valence-electron chi connectivity index (χ2n) is 7.96. The summed E-state index contributed by atoms with van der Waals surface area (Å²) < 4.78 is 34.3. The molecule has 37 heavy (non-hydrogen) atoms. The monoisotopic (exact) mass is 510 g/mol. The van der Waals surface area contributed by atoms with E-state index in [-0.39, 0.29) is 35.7 Å². The number of hydrogen-bond acceptors (Lipinski definition) is 5. The Morgan fingerprint density at radius 3 is 2.51 bits per heavy atom. The molecular formula is C27H28F2N4O4. The van der Waals surface area contributed by atoms with Crippen molar-refractivity contribution in [2.24, 2.45) is 0 Å². The normalized spacial score (nSPS) is 10.5. The SMILES string of the molecule is C=CCCNn1cc(C(=O)NCc2ccc(F)cc2F)c(=O)c(OCc2ccccc2)c1C(=O)NCC. The first-order valence-electron chi connectivity index (χ1n) is 11.7. The van der Waals surface area contributed by atoms with Crippen molar-refractivity contribution < 1.29 is 23.1 Å². The number of amides is 2. The molecule has 2 amide bonds. The standard InChI is InChI=1S/C27H28F2N4O4/c1-3-5-13-32-33-16-21(26(35)31-15-19-11-12-20(28)14-22(19)29)24(34)25(23(33)27(36)30-4-2)37-17-18-9-7-6-8-10-18/h3,6-12,14,16,32H,1,4-5,13,15,17H2,2H3,(H,30,36)(H,31,35). The van der Waals surface area contributed by atoms with Crippen molar-refractivity contribution in [1.29, 1.82) is 0 Å². The maximum absolute atomic E-state index is 14.0. The van der Waals surface area contributed by atoms with Gasteiger partial charge in [-0.25, -0.2) is 8.78 Å². The largest absolute Gasteiger partial charge is 0.482 e. The molecule has 10 heteroatoms. The number of nitrogens with one attached hydrogen (secondary N) is 3. The van der Waals surface area contributed by atoms with Gasteiger partial charge in [0.15, 0.2) is 11.4 Å². The van der Waals surface area contributed by atoms with Crippen LogP contribution in [0.3, 0.4) is 0 Å². The average Bonchev–Trinajstić information content (AvgIpc) is 2.88. The first kappa shape index (κ1) is 27.1. The lowest BCUT2D eigenvalue weighted by Crippen LogP contribution is -2.37. The molecule has 3 aromatic rings. The van der Waals surface area contributed by atoms with Crippen LogP contribution in [0.4, 0.5) is 8.78 Å². The first-order valence-corrected chi connectivity index (χ1v) is 11.7. The molecule has 0 radical (unpaired) electrons. The van der Waals surface area contributed by atoms with Crippen LogP contribution in [-0.2, 0) is 13.2 Å². The number of ether oxygens (including phenoxy) is 1. The van der Waals surface area contributed by atoms with Crippen LogP contribution in [0.1, 0.15) is 45.3 Å². The molecule has 0 spiro atoms. The van der Waals surface area contributed by atoms with E-state index < -0.39 is 28.9 Å². The minimum atomic E-state index is -0.831. The molecule has 0 aliphatic heterocycles. The molecule has 0 aliphatic carbocycles. The van der Waals surface area contributed by atoms with Crippen molar-refractivity contribution >= 4 is 11.8 Å². The van der Waals surface area contributed by atoms with Gasteiger partial charge in [-0.2, -0.15) is 0 Å². The highest BCUT2D eigenvalue weighted by Crippen LogP contribution is 2.17. The van der Waals surface area contributed by atoms with E-state index in [0.717, 1.165) is 11.6 Å². The minimum Gasteiger partial charge on any atom is -0.482 e. The Bertz CT molecular complexity index is 1330. The molecule has 0 bridgehead atoms. The smallest absolute Gasteiger partial charge is 0.273 e. The van der Waals surface area contributed by atoms with Gasteiger partial charge in [0.05, 0.1) is 0 Å². The van der Waals surface area contributed by atoms with E-state index in [4.69, 9.17) is 4.74 Å². The Morgan fingerprint density at radius 1 is 1.08 bits per heavy atom. The highest BCUT2D eigenvalue weighted by atomic mass is 19.1. The topological polar surface area (TPSA) is 101 Å². The van der Waals surface area contributed by atoms with E-state index in [0.29, 0.717) is 25.6 Å². The van der Waals surface area contributed by atoms with Crippen LogP contribution in [0, 0.1) is 11.6 Å². The van der Waals surface area contributed by atoms with Gasteiger partial charge in [0.2, 0.25) is 5.43 Å². The fourth-order valence-corrected chi connectivity index (χ4v) is 3.42. The number of carbonyl (C=O) groups is 2.